The Morgan fingerprint density at radius 2 is 2.14 bits per heavy atom. The molecule has 1 fully saturated rings. The molecule has 0 spiro atoms. The smallest absolute Gasteiger partial charge is 0.272 e. The Hall–Kier alpha value is -2.30. The van der Waals surface area contributed by atoms with E-state index in [1.54, 1.807) is 0 Å². The molecule has 5 nitrogen and oxygen atoms in total. The highest BCUT2D eigenvalue weighted by Gasteiger charge is 2.27. The van der Waals surface area contributed by atoms with E-state index in [1.807, 2.05) is 24.3 Å². The molecular weight excluding hydrogens is 276 g/mol. The van der Waals surface area contributed by atoms with Crippen LogP contribution in [-0.2, 0) is 6.42 Å². The molecule has 1 aromatic heterocycles. The van der Waals surface area contributed by atoms with Gasteiger partial charge in [-0.15, -0.1) is 0 Å². The van der Waals surface area contributed by atoms with Crippen molar-refractivity contribution in [1.82, 2.24) is 15.5 Å². The number of aryl methyl sites for hydroxylation is 1. The molecule has 22 heavy (non-hydrogen) atoms. The van der Waals surface area contributed by atoms with Crippen LogP contribution in [0.5, 0.6) is 0 Å². The zero-order valence-corrected chi connectivity index (χ0v) is 12.4. The number of nitrogen functional groups attached to an aromatic ring is 1. The average Bonchev–Trinajstić information content (AvgIpc) is 3.24. The predicted octanol–water partition coefficient (Wildman–Crippen LogP) is 2.68. The number of nitrogens with one attached hydrogen (secondary N) is 2. The summed E-state index contributed by atoms with van der Waals surface area (Å²) < 4.78 is 0. The van der Waals surface area contributed by atoms with Gasteiger partial charge in [-0.1, -0.05) is 6.07 Å². The molecule has 1 saturated carbocycles. The number of hydrogen-bond donors (Lipinski definition) is 3. The highest BCUT2D eigenvalue weighted by molar-refractivity contribution is 5.92. The SMILES string of the molecule is Nc1ccc2c(c1)CCCC2NC(=O)c1cc(C2CC2)[nH]n1. The summed E-state index contributed by atoms with van der Waals surface area (Å²) in [5, 5.41) is 10.3. The van der Waals surface area contributed by atoms with Gasteiger partial charge in [-0.05, 0) is 61.4 Å². The molecule has 4 N–H and O–H groups in total. The van der Waals surface area contributed by atoms with Crippen LogP contribution < -0.4 is 11.1 Å². The van der Waals surface area contributed by atoms with Crippen LogP contribution in [0, 0.1) is 0 Å². The van der Waals surface area contributed by atoms with Crippen molar-refractivity contribution in [2.45, 2.75) is 44.1 Å². The van der Waals surface area contributed by atoms with E-state index in [1.165, 1.54) is 24.0 Å². The lowest BCUT2D eigenvalue weighted by atomic mass is 9.87. The number of H-pyrrole nitrogens is 1. The summed E-state index contributed by atoms with van der Waals surface area (Å²) in [7, 11) is 0. The van der Waals surface area contributed by atoms with Crippen LogP contribution in [0.25, 0.3) is 0 Å². The van der Waals surface area contributed by atoms with Crippen molar-refractivity contribution < 1.29 is 4.79 Å². The van der Waals surface area contributed by atoms with E-state index in [9.17, 15) is 4.79 Å². The van der Waals surface area contributed by atoms with Crippen molar-refractivity contribution in [3.05, 3.63) is 46.8 Å². The second kappa shape index (κ2) is 5.16. The van der Waals surface area contributed by atoms with Crippen molar-refractivity contribution in [3.63, 3.8) is 0 Å². The second-order valence-electron chi connectivity index (χ2n) is 6.36. The molecular formula is C17H20N4O. The lowest BCUT2D eigenvalue weighted by molar-refractivity contribution is 0.0927. The highest BCUT2D eigenvalue weighted by Crippen LogP contribution is 2.39. The minimum atomic E-state index is -0.0992. The van der Waals surface area contributed by atoms with Gasteiger partial charge in [0.25, 0.3) is 5.91 Å². The molecule has 0 radical (unpaired) electrons. The number of fused-ring (bicyclic) bond motifs is 1. The largest absolute Gasteiger partial charge is 0.399 e. The van der Waals surface area contributed by atoms with Crippen molar-refractivity contribution >= 4 is 11.6 Å². The first-order valence-electron chi connectivity index (χ1n) is 7.95. The number of carbonyl (C=O) groups excluding carboxylic acids is 1. The first-order chi connectivity index (χ1) is 10.7. The van der Waals surface area contributed by atoms with E-state index in [0.717, 1.165) is 30.6 Å². The Labute approximate surface area is 129 Å². The number of aromatic nitrogens is 2. The van der Waals surface area contributed by atoms with E-state index in [4.69, 9.17) is 5.73 Å². The third-order valence-corrected chi connectivity index (χ3v) is 4.63. The topological polar surface area (TPSA) is 83.8 Å². The number of aromatic amines is 1. The lowest BCUT2D eigenvalue weighted by Gasteiger charge is -2.26. The number of anilines is 1. The van der Waals surface area contributed by atoms with E-state index in [-0.39, 0.29) is 11.9 Å². The predicted molar refractivity (Wildman–Crippen MR) is 84.6 cm³/mol. The van der Waals surface area contributed by atoms with Gasteiger partial charge < -0.3 is 11.1 Å². The third-order valence-electron chi connectivity index (χ3n) is 4.63. The summed E-state index contributed by atoms with van der Waals surface area (Å²) in [5.74, 6) is 0.477. The van der Waals surface area contributed by atoms with Crippen molar-refractivity contribution in [2.24, 2.45) is 0 Å². The monoisotopic (exact) mass is 296 g/mol. The first-order valence-corrected chi connectivity index (χ1v) is 7.95. The van der Waals surface area contributed by atoms with Gasteiger partial charge in [-0.2, -0.15) is 5.10 Å². The van der Waals surface area contributed by atoms with Gasteiger partial charge >= 0.3 is 0 Å². The van der Waals surface area contributed by atoms with Crippen LogP contribution in [0.1, 0.15) is 65.0 Å². The molecule has 1 unspecified atom stereocenters. The quantitative estimate of drug-likeness (QED) is 0.761. The second-order valence-corrected chi connectivity index (χ2v) is 6.36. The zero-order valence-electron chi connectivity index (χ0n) is 12.4. The molecule has 1 amide bonds. The average molecular weight is 296 g/mol. The van der Waals surface area contributed by atoms with E-state index in [2.05, 4.69) is 15.5 Å². The molecule has 114 valence electrons. The summed E-state index contributed by atoms with van der Waals surface area (Å²) in [6, 6.07) is 7.91. The highest BCUT2D eigenvalue weighted by atomic mass is 16.2. The van der Waals surface area contributed by atoms with Gasteiger partial charge in [-0.25, -0.2) is 0 Å². The number of nitrogens with zero attached hydrogens (tertiary/aromatic N) is 1. The lowest BCUT2D eigenvalue weighted by Crippen LogP contribution is -2.31. The van der Waals surface area contributed by atoms with Crippen LogP contribution in [-0.4, -0.2) is 16.1 Å². The van der Waals surface area contributed by atoms with Gasteiger partial charge in [0, 0.05) is 17.3 Å². The number of rotatable bonds is 3. The molecule has 1 aromatic carbocycles. The van der Waals surface area contributed by atoms with Crippen molar-refractivity contribution in [1.29, 1.82) is 0 Å². The van der Waals surface area contributed by atoms with Gasteiger partial charge in [0.2, 0.25) is 0 Å². The summed E-state index contributed by atoms with van der Waals surface area (Å²) in [6.07, 6.45) is 5.44. The summed E-state index contributed by atoms with van der Waals surface area (Å²) >= 11 is 0. The zero-order chi connectivity index (χ0) is 15.1. The Kier molecular flexibility index (Phi) is 3.13. The van der Waals surface area contributed by atoms with Gasteiger partial charge in [0.05, 0.1) is 6.04 Å². The molecule has 1 heterocycles. The maximum absolute atomic E-state index is 12.4. The minimum absolute atomic E-state index is 0.0536. The number of amides is 1. The molecule has 2 aliphatic carbocycles. The summed E-state index contributed by atoms with van der Waals surface area (Å²) in [5.41, 5.74) is 10.6. The van der Waals surface area contributed by atoms with Gasteiger partial charge in [0.1, 0.15) is 5.69 Å². The van der Waals surface area contributed by atoms with Crippen LogP contribution in [0.3, 0.4) is 0 Å². The van der Waals surface area contributed by atoms with Crippen LogP contribution in [0.15, 0.2) is 24.3 Å². The van der Waals surface area contributed by atoms with Gasteiger partial charge in [0.15, 0.2) is 0 Å². The van der Waals surface area contributed by atoms with Crippen LogP contribution in [0.4, 0.5) is 5.69 Å². The van der Waals surface area contributed by atoms with Crippen molar-refractivity contribution in [3.8, 4) is 0 Å². The normalized spacial score (nSPS) is 20.5. The summed E-state index contributed by atoms with van der Waals surface area (Å²) in [6.45, 7) is 0. The number of hydrogen-bond acceptors (Lipinski definition) is 3. The summed E-state index contributed by atoms with van der Waals surface area (Å²) in [4.78, 5) is 12.4. The molecule has 4 rings (SSSR count). The Balaban J connectivity index is 1.52. The number of benzene rings is 1. The third kappa shape index (κ3) is 2.47. The van der Waals surface area contributed by atoms with Crippen LogP contribution >= 0.6 is 0 Å². The molecule has 5 heteroatoms. The van der Waals surface area contributed by atoms with E-state index in [0.29, 0.717) is 11.6 Å². The fourth-order valence-electron chi connectivity index (χ4n) is 3.27. The maximum atomic E-state index is 12.4. The van der Waals surface area contributed by atoms with E-state index >= 15 is 0 Å². The molecule has 0 aliphatic heterocycles. The molecule has 0 bridgehead atoms. The first kappa shape index (κ1) is 13.4. The van der Waals surface area contributed by atoms with Crippen molar-refractivity contribution in [2.75, 3.05) is 5.73 Å². The van der Waals surface area contributed by atoms with Crippen LogP contribution in [0.2, 0.25) is 0 Å². The molecule has 0 saturated heterocycles. The van der Waals surface area contributed by atoms with Gasteiger partial charge in [-0.3, -0.25) is 9.89 Å². The van der Waals surface area contributed by atoms with E-state index < -0.39 is 0 Å². The Morgan fingerprint density at radius 1 is 1.27 bits per heavy atom. The molecule has 1 atom stereocenters. The minimum Gasteiger partial charge on any atom is -0.399 e. The Morgan fingerprint density at radius 3 is 2.95 bits per heavy atom. The standard InChI is InChI=1S/C17H20N4O/c18-12-6-7-13-11(8-12)2-1-3-14(13)19-17(22)16-9-15(20-21-16)10-4-5-10/h6-10,14H,1-5,18H2,(H,19,22)(H,20,21). The molecule has 2 aromatic rings. The fourth-order valence-corrected chi connectivity index (χ4v) is 3.27. The Bertz CT molecular complexity index is 717. The number of nitrogens with two attached hydrogens (primary N) is 1. The molecule has 2 aliphatic rings. The number of carbonyl (C=O) groups is 1. The fraction of sp³-hybridized carbons (Fsp3) is 0.412. The maximum Gasteiger partial charge on any atom is 0.272 e.